The third-order valence-electron chi connectivity index (χ3n) is 16.0. The summed E-state index contributed by atoms with van der Waals surface area (Å²) in [4.78, 5) is 72.8. The van der Waals surface area contributed by atoms with Crippen molar-refractivity contribution >= 4 is 39.5 Å². The van der Waals surface area contributed by atoms with E-state index in [1.807, 2.05) is 0 Å². The zero-order valence-corrected chi connectivity index (χ0v) is 63.5. The highest BCUT2D eigenvalue weighted by atomic mass is 31.2. The molecule has 0 aliphatic carbocycles. The summed E-state index contributed by atoms with van der Waals surface area (Å²) in [6.45, 7) is 4.64. The van der Waals surface area contributed by atoms with Gasteiger partial charge in [-0.15, -0.1) is 0 Å². The maximum absolute atomic E-state index is 13.1. The summed E-state index contributed by atoms with van der Waals surface area (Å²) in [5.41, 5.74) is 0. The normalized spacial score (nSPS) is 14.5. The summed E-state index contributed by atoms with van der Waals surface area (Å²) < 4.78 is 68.4. The molecule has 0 heterocycles. The number of rotatable bonds is 72. The van der Waals surface area contributed by atoms with Crippen molar-refractivity contribution in [3.8, 4) is 0 Å². The van der Waals surface area contributed by atoms with E-state index in [-0.39, 0.29) is 25.7 Å². The van der Waals surface area contributed by atoms with Crippen molar-refractivity contribution in [3.63, 3.8) is 0 Å². The van der Waals surface area contributed by atoms with E-state index in [1.54, 1.807) is 0 Å². The largest absolute Gasteiger partial charge is 0.472 e. The molecule has 0 aromatic rings. The minimum atomic E-state index is -4.98. The van der Waals surface area contributed by atoms with Gasteiger partial charge >= 0.3 is 39.5 Å². The van der Waals surface area contributed by atoms with E-state index in [2.05, 4.69) is 125 Å². The number of esters is 4. The Labute approximate surface area is 595 Å². The van der Waals surface area contributed by atoms with Crippen LogP contribution in [0.5, 0.6) is 0 Å². The Morgan fingerprint density at radius 3 is 0.878 bits per heavy atom. The quantitative estimate of drug-likeness (QED) is 0.0169. The van der Waals surface area contributed by atoms with Gasteiger partial charge in [0.15, 0.2) is 12.2 Å². The molecular weight excluding hydrogens is 1280 g/mol. The Morgan fingerprint density at radius 2 is 0.551 bits per heavy atom. The maximum Gasteiger partial charge on any atom is 0.472 e. The van der Waals surface area contributed by atoms with Gasteiger partial charge in [0.1, 0.15) is 19.3 Å². The van der Waals surface area contributed by atoms with Crippen LogP contribution in [0, 0.1) is 0 Å². The third-order valence-corrected chi connectivity index (χ3v) is 17.9. The molecule has 566 valence electrons. The first-order chi connectivity index (χ1) is 47.7. The van der Waals surface area contributed by atoms with Crippen LogP contribution >= 0.6 is 15.6 Å². The molecule has 0 amide bonds. The number of aliphatic hydroxyl groups excluding tert-OH is 1. The number of allylic oxidation sites excluding steroid dienone is 16. The van der Waals surface area contributed by atoms with Crippen LogP contribution in [0.25, 0.3) is 0 Å². The number of phosphoric ester groups is 2. The van der Waals surface area contributed by atoms with Gasteiger partial charge in [-0.05, 0) is 122 Å². The van der Waals surface area contributed by atoms with Gasteiger partial charge in [0.2, 0.25) is 0 Å². The second kappa shape index (κ2) is 71.4. The lowest BCUT2D eigenvalue weighted by atomic mass is 10.1. The zero-order chi connectivity index (χ0) is 71.8. The van der Waals surface area contributed by atoms with Gasteiger partial charge in [-0.1, -0.05) is 273 Å². The molecule has 0 aliphatic heterocycles. The molecule has 0 fully saturated rings. The highest BCUT2D eigenvalue weighted by Crippen LogP contribution is 2.45. The topological polar surface area (TPSA) is 237 Å². The second-order valence-electron chi connectivity index (χ2n) is 25.6. The number of carbonyl (C=O) groups excluding carboxylic acids is 4. The molecule has 17 nitrogen and oxygen atoms in total. The van der Waals surface area contributed by atoms with Gasteiger partial charge < -0.3 is 33.8 Å². The van der Waals surface area contributed by atoms with Crippen LogP contribution in [0.2, 0.25) is 0 Å². The molecule has 0 radical (unpaired) electrons. The average molecular weight is 1420 g/mol. The number of unbranched alkanes of at least 4 members (excludes halogenated alkanes) is 30. The Balaban J connectivity index is 5.31. The second-order valence-corrected chi connectivity index (χ2v) is 28.5. The summed E-state index contributed by atoms with van der Waals surface area (Å²) in [6, 6.07) is 0. The highest BCUT2D eigenvalue weighted by molar-refractivity contribution is 7.47. The molecular formula is C79H138O17P2. The molecule has 0 spiro atoms. The van der Waals surface area contributed by atoms with E-state index in [0.29, 0.717) is 25.7 Å². The van der Waals surface area contributed by atoms with Gasteiger partial charge in [-0.25, -0.2) is 9.13 Å². The lowest BCUT2D eigenvalue weighted by Crippen LogP contribution is -2.30. The number of phosphoric acid groups is 2. The van der Waals surface area contributed by atoms with Crippen LogP contribution < -0.4 is 0 Å². The minimum Gasteiger partial charge on any atom is -0.462 e. The maximum atomic E-state index is 13.1. The molecule has 98 heavy (non-hydrogen) atoms. The third kappa shape index (κ3) is 70.4. The number of hydrogen-bond donors (Lipinski definition) is 3. The highest BCUT2D eigenvalue weighted by Gasteiger charge is 2.30. The van der Waals surface area contributed by atoms with Gasteiger partial charge in [0.05, 0.1) is 26.4 Å². The van der Waals surface area contributed by atoms with Gasteiger partial charge in [-0.3, -0.25) is 37.3 Å². The molecule has 0 aromatic heterocycles. The number of hydrogen-bond acceptors (Lipinski definition) is 15. The molecule has 3 N–H and O–H groups in total. The lowest BCUT2D eigenvalue weighted by molar-refractivity contribution is -0.161. The average Bonchev–Trinajstić information content (AvgIpc) is 1.00. The molecule has 5 atom stereocenters. The van der Waals surface area contributed by atoms with Crippen LogP contribution in [0.1, 0.15) is 323 Å². The van der Waals surface area contributed by atoms with E-state index in [4.69, 9.17) is 37.0 Å². The number of ether oxygens (including phenoxy) is 4. The molecule has 0 aromatic carbocycles. The molecule has 0 bridgehead atoms. The SMILES string of the molecule is CC/C=C\C/C=C\C/C=C\C/C=C\CCCCCCCCC(=O)OCC(COP(=O)(O)OCC(O)COP(=O)(O)OCC(COC(=O)CCCCCCC/C=C\C/C=C\CCCCC)OC(=O)CCCCCCC/C=C\C/C=C\CCC)OC(=O)CCCCCCCCCCCCC. The Bertz CT molecular complexity index is 2240. The van der Waals surface area contributed by atoms with Crippen molar-refractivity contribution in [1.29, 1.82) is 0 Å². The first-order valence-corrected chi connectivity index (χ1v) is 41.5. The fourth-order valence-electron chi connectivity index (χ4n) is 10.2. The molecule has 0 rings (SSSR count). The fourth-order valence-corrected chi connectivity index (χ4v) is 11.7. The van der Waals surface area contributed by atoms with Gasteiger partial charge in [0.25, 0.3) is 0 Å². The van der Waals surface area contributed by atoms with Crippen molar-refractivity contribution in [2.24, 2.45) is 0 Å². The Morgan fingerprint density at radius 1 is 0.296 bits per heavy atom. The zero-order valence-electron chi connectivity index (χ0n) is 61.7. The van der Waals surface area contributed by atoms with Gasteiger partial charge in [-0.2, -0.15) is 0 Å². The fraction of sp³-hybridized carbons (Fsp3) is 0.747. The van der Waals surface area contributed by atoms with Crippen molar-refractivity contribution in [1.82, 2.24) is 0 Å². The summed E-state index contributed by atoms with van der Waals surface area (Å²) in [6.07, 6.45) is 73.9. The van der Waals surface area contributed by atoms with Crippen LogP contribution in [0.15, 0.2) is 97.2 Å². The predicted molar refractivity (Wildman–Crippen MR) is 399 cm³/mol. The van der Waals surface area contributed by atoms with Crippen LogP contribution in [0.4, 0.5) is 0 Å². The number of aliphatic hydroxyl groups is 1. The van der Waals surface area contributed by atoms with Crippen molar-refractivity contribution < 1.29 is 80.2 Å². The van der Waals surface area contributed by atoms with E-state index in [1.165, 1.54) is 57.8 Å². The molecule has 0 saturated heterocycles. The smallest absolute Gasteiger partial charge is 0.462 e. The molecule has 0 saturated carbocycles. The van der Waals surface area contributed by atoms with E-state index in [0.717, 1.165) is 186 Å². The van der Waals surface area contributed by atoms with Crippen LogP contribution in [-0.2, 0) is 65.4 Å². The standard InChI is InChI=1S/C79H138O17P2/c1-5-9-13-17-21-25-29-32-34-35-36-37-39-42-45-48-52-56-60-64-77(82)89-69-74(95-78(83)65-61-57-53-49-43-28-24-20-16-12-8-4)71-93-97(85,86)91-67-73(80)68-92-98(87,88)94-72-75(96-79(84)66-62-58-54-50-46-40-31-27-23-19-15-11-7-3)70-90-76(81)63-59-55-51-47-44-41-38-33-30-26-22-18-14-10-6-2/h9,13,15,19,21-22,25-27,31-34,36-38,73-75,80H,5-8,10-12,14,16-18,20,23-24,28-30,35,39-72H2,1-4H3,(H,85,86)(H,87,88)/b13-9-,19-15-,25-21-,26-22-,31-27-,34-32-,37-36-,38-33-. The number of carbonyl (C=O) groups is 4. The van der Waals surface area contributed by atoms with E-state index >= 15 is 0 Å². The van der Waals surface area contributed by atoms with Gasteiger partial charge in [0, 0.05) is 25.7 Å². The monoisotopic (exact) mass is 1420 g/mol. The Hall–Kier alpha value is -4.02. The van der Waals surface area contributed by atoms with E-state index in [9.17, 15) is 43.2 Å². The van der Waals surface area contributed by atoms with E-state index < -0.39 is 97.5 Å². The summed E-state index contributed by atoms with van der Waals surface area (Å²) >= 11 is 0. The molecule has 19 heteroatoms. The van der Waals surface area contributed by atoms with Crippen molar-refractivity contribution in [2.45, 2.75) is 341 Å². The summed E-state index contributed by atoms with van der Waals surface area (Å²) in [7, 11) is -9.95. The first-order valence-electron chi connectivity index (χ1n) is 38.5. The molecule has 5 unspecified atom stereocenters. The lowest BCUT2D eigenvalue weighted by Gasteiger charge is -2.21. The summed E-state index contributed by atoms with van der Waals surface area (Å²) in [5, 5.41) is 10.6. The van der Waals surface area contributed by atoms with Crippen molar-refractivity contribution in [2.75, 3.05) is 39.6 Å². The van der Waals surface area contributed by atoms with Crippen LogP contribution in [-0.4, -0.2) is 96.7 Å². The van der Waals surface area contributed by atoms with Crippen molar-refractivity contribution in [3.05, 3.63) is 97.2 Å². The predicted octanol–water partition coefficient (Wildman–Crippen LogP) is 22.0. The molecule has 0 aliphatic rings. The first kappa shape index (κ1) is 94.0. The summed E-state index contributed by atoms with van der Waals surface area (Å²) in [5.74, 6) is -2.21. The minimum absolute atomic E-state index is 0.0763. The van der Waals surface area contributed by atoms with Crippen LogP contribution in [0.3, 0.4) is 0 Å². The Kier molecular flexibility index (Phi) is 68.4.